The van der Waals surface area contributed by atoms with Gasteiger partial charge in [-0.15, -0.1) is 13.2 Å². The minimum Gasteiger partial charge on any atom is -0.480 e. The first-order chi connectivity index (χ1) is 6.61. The number of carboxylic acid groups (broad SMARTS) is 1. The van der Waals surface area contributed by atoms with Crippen LogP contribution >= 0.6 is 0 Å². The molecule has 4 heteroatoms. The van der Waals surface area contributed by atoms with E-state index in [1.54, 1.807) is 6.08 Å². The third-order valence-corrected chi connectivity index (χ3v) is 1.59. The predicted molar refractivity (Wildman–Crippen MR) is 53.8 cm³/mol. The maximum atomic E-state index is 11.4. The van der Waals surface area contributed by atoms with Crippen molar-refractivity contribution in [2.45, 2.75) is 12.8 Å². The Hall–Kier alpha value is -1.58. The van der Waals surface area contributed by atoms with Gasteiger partial charge in [0.15, 0.2) is 0 Å². The van der Waals surface area contributed by atoms with Crippen LogP contribution in [0.3, 0.4) is 0 Å². The normalized spacial score (nSPS) is 9.14. The average molecular weight is 197 g/mol. The summed E-state index contributed by atoms with van der Waals surface area (Å²) in [5, 5.41) is 8.54. The lowest BCUT2D eigenvalue weighted by atomic mass is 10.2. The predicted octanol–water partition coefficient (Wildman–Crippen LogP) is 1.05. The highest BCUT2D eigenvalue weighted by Gasteiger charge is 2.13. The number of rotatable bonds is 7. The van der Waals surface area contributed by atoms with Gasteiger partial charge in [0.25, 0.3) is 0 Å². The van der Waals surface area contributed by atoms with Gasteiger partial charge in [0.05, 0.1) is 0 Å². The Labute approximate surface area is 83.5 Å². The van der Waals surface area contributed by atoms with Gasteiger partial charge in [0, 0.05) is 13.0 Å². The lowest BCUT2D eigenvalue weighted by Gasteiger charge is -2.18. The van der Waals surface area contributed by atoms with E-state index in [0.717, 1.165) is 0 Å². The zero-order valence-corrected chi connectivity index (χ0v) is 8.11. The lowest BCUT2D eigenvalue weighted by molar-refractivity contribution is -0.144. The highest BCUT2D eigenvalue weighted by atomic mass is 16.4. The molecular formula is C10H15NO3. The maximum Gasteiger partial charge on any atom is 0.323 e. The molecule has 0 saturated carbocycles. The molecule has 0 heterocycles. The van der Waals surface area contributed by atoms with E-state index in [-0.39, 0.29) is 19.0 Å². The standard InChI is InChI=1S/C10H15NO3/c1-3-5-6-9(12)11(7-4-2)8-10(13)14/h3-4H,1-2,5-8H2,(H,13,14). The summed E-state index contributed by atoms with van der Waals surface area (Å²) in [6.45, 7) is 6.95. The summed E-state index contributed by atoms with van der Waals surface area (Å²) in [6.07, 6.45) is 4.00. The molecular weight excluding hydrogens is 182 g/mol. The minimum atomic E-state index is -1.01. The summed E-state index contributed by atoms with van der Waals surface area (Å²) in [4.78, 5) is 23.1. The van der Waals surface area contributed by atoms with E-state index >= 15 is 0 Å². The molecule has 0 aromatic carbocycles. The Kier molecular flexibility index (Phi) is 6.11. The zero-order chi connectivity index (χ0) is 11.0. The molecule has 0 radical (unpaired) electrons. The SMILES string of the molecule is C=CCCC(=O)N(CC=C)CC(=O)O. The van der Waals surface area contributed by atoms with E-state index in [0.29, 0.717) is 12.8 Å². The molecule has 0 fully saturated rings. The van der Waals surface area contributed by atoms with Gasteiger partial charge < -0.3 is 10.0 Å². The van der Waals surface area contributed by atoms with Gasteiger partial charge in [-0.05, 0) is 6.42 Å². The van der Waals surface area contributed by atoms with Crippen LogP contribution < -0.4 is 0 Å². The van der Waals surface area contributed by atoms with Crippen molar-refractivity contribution in [2.24, 2.45) is 0 Å². The molecule has 4 nitrogen and oxygen atoms in total. The Bertz CT molecular complexity index is 236. The van der Waals surface area contributed by atoms with Crippen molar-refractivity contribution >= 4 is 11.9 Å². The van der Waals surface area contributed by atoms with Gasteiger partial charge in [0.2, 0.25) is 5.91 Å². The number of carbonyl (C=O) groups is 2. The molecule has 0 saturated heterocycles. The smallest absolute Gasteiger partial charge is 0.323 e. The molecule has 78 valence electrons. The summed E-state index contributed by atoms with van der Waals surface area (Å²) < 4.78 is 0. The van der Waals surface area contributed by atoms with Gasteiger partial charge in [-0.3, -0.25) is 9.59 Å². The monoisotopic (exact) mass is 197 g/mol. The third kappa shape index (κ3) is 5.13. The fraction of sp³-hybridized carbons (Fsp3) is 0.400. The Morgan fingerprint density at radius 3 is 2.36 bits per heavy atom. The number of amides is 1. The van der Waals surface area contributed by atoms with Gasteiger partial charge in [-0.25, -0.2) is 0 Å². The highest BCUT2D eigenvalue weighted by molar-refractivity contribution is 5.81. The van der Waals surface area contributed by atoms with Gasteiger partial charge in [-0.2, -0.15) is 0 Å². The van der Waals surface area contributed by atoms with Crippen LogP contribution in [0.2, 0.25) is 0 Å². The quantitative estimate of drug-likeness (QED) is 0.621. The molecule has 0 aliphatic rings. The average Bonchev–Trinajstić information content (AvgIpc) is 2.13. The number of allylic oxidation sites excluding steroid dienone is 1. The third-order valence-electron chi connectivity index (χ3n) is 1.59. The van der Waals surface area contributed by atoms with Crippen LogP contribution in [0.5, 0.6) is 0 Å². The molecule has 0 aliphatic heterocycles. The Morgan fingerprint density at radius 1 is 1.29 bits per heavy atom. The van der Waals surface area contributed by atoms with E-state index in [1.165, 1.54) is 11.0 Å². The first-order valence-electron chi connectivity index (χ1n) is 4.33. The Balaban J connectivity index is 4.16. The van der Waals surface area contributed by atoms with Crippen molar-refractivity contribution in [1.82, 2.24) is 4.90 Å². The molecule has 14 heavy (non-hydrogen) atoms. The van der Waals surface area contributed by atoms with Crippen LogP contribution in [-0.4, -0.2) is 35.0 Å². The molecule has 0 unspecified atom stereocenters. The van der Waals surface area contributed by atoms with E-state index in [1.807, 2.05) is 0 Å². The van der Waals surface area contributed by atoms with Crippen molar-refractivity contribution in [3.05, 3.63) is 25.3 Å². The number of carbonyl (C=O) groups excluding carboxylic acids is 1. The van der Waals surface area contributed by atoms with Gasteiger partial charge in [0.1, 0.15) is 6.54 Å². The molecule has 0 rings (SSSR count). The summed E-state index contributed by atoms with van der Waals surface area (Å²) >= 11 is 0. The second-order valence-corrected chi connectivity index (χ2v) is 2.78. The van der Waals surface area contributed by atoms with Crippen LogP contribution in [0.1, 0.15) is 12.8 Å². The van der Waals surface area contributed by atoms with Crippen LogP contribution in [0.4, 0.5) is 0 Å². The molecule has 1 N–H and O–H groups in total. The topological polar surface area (TPSA) is 57.6 Å². The summed E-state index contributed by atoms with van der Waals surface area (Å²) in [6, 6.07) is 0. The minimum absolute atomic E-state index is 0.188. The van der Waals surface area contributed by atoms with E-state index in [9.17, 15) is 9.59 Å². The molecule has 0 aromatic heterocycles. The van der Waals surface area contributed by atoms with Gasteiger partial charge >= 0.3 is 5.97 Å². The molecule has 0 aliphatic carbocycles. The fourth-order valence-corrected chi connectivity index (χ4v) is 0.957. The van der Waals surface area contributed by atoms with Crippen molar-refractivity contribution in [1.29, 1.82) is 0 Å². The fourth-order valence-electron chi connectivity index (χ4n) is 0.957. The van der Waals surface area contributed by atoms with Crippen molar-refractivity contribution in [3.63, 3.8) is 0 Å². The molecule has 0 atom stereocenters. The van der Waals surface area contributed by atoms with Crippen LogP contribution in [0.25, 0.3) is 0 Å². The summed E-state index contributed by atoms with van der Waals surface area (Å²) in [5.41, 5.74) is 0. The number of hydrogen-bond donors (Lipinski definition) is 1. The summed E-state index contributed by atoms with van der Waals surface area (Å²) in [5.74, 6) is -1.20. The number of hydrogen-bond acceptors (Lipinski definition) is 2. The second kappa shape index (κ2) is 6.88. The van der Waals surface area contributed by atoms with Gasteiger partial charge in [-0.1, -0.05) is 12.2 Å². The largest absolute Gasteiger partial charge is 0.480 e. The lowest BCUT2D eigenvalue weighted by Crippen LogP contribution is -2.35. The zero-order valence-electron chi connectivity index (χ0n) is 8.11. The van der Waals surface area contributed by atoms with E-state index < -0.39 is 5.97 Å². The maximum absolute atomic E-state index is 11.4. The Morgan fingerprint density at radius 2 is 1.93 bits per heavy atom. The first kappa shape index (κ1) is 12.4. The number of carboxylic acids is 1. The molecule has 0 aromatic rings. The van der Waals surface area contributed by atoms with Crippen molar-refractivity contribution < 1.29 is 14.7 Å². The van der Waals surface area contributed by atoms with E-state index in [2.05, 4.69) is 13.2 Å². The summed E-state index contributed by atoms with van der Waals surface area (Å²) in [7, 11) is 0. The van der Waals surface area contributed by atoms with Crippen molar-refractivity contribution in [3.8, 4) is 0 Å². The van der Waals surface area contributed by atoms with Crippen molar-refractivity contribution in [2.75, 3.05) is 13.1 Å². The molecule has 0 spiro atoms. The van der Waals surface area contributed by atoms with E-state index in [4.69, 9.17) is 5.11 Å². The molecule has 0 bridgehead atoms. The van der Waals surface area contributed by atoms with Crippen LogP contribution in [0.15, 0.2) is 25.3 Å². The van der Waals surface area contributed by atoms with Crippen LogP contribution in [-0.2, 0) is 9.59 Å². The molecule has 1 amide bonds. The number of aliphatic carboxylic acids is 1. The second-order valence-electron chi connectivity index (χ2n) is 2.78. The van der Waals surface area contributed by atoms with Crippen LogP contribution in [0, 0.1) is 0 Å². The number of nitrogens with zero attached hydrogens (tertiary/aromatic N) is 1. The first-order valence-corrected chi connectivity index (χ1v) is 4.33. The highest BCUT2D eigenvalue weighted by Crippen LogP contribution is 1.98.